The number of thioether (sulfide) groups is 1. The van der Waals surface area contributed by atoms with Gasteiger partial charge in [0.2, 0.25) is 5.91 Å². The minimum atomic E-state index is -0.621. The lowest BCUT2D eigenvalue weighted by molar-refractivity contribution is -0.127. The summed E-state index contributed by atoms with van der Waals surface area (Å²) in [6, 6.07) is 14.6. The molecule has 3 aromatic rings. The number of imide groups is 1. The smallest absolute Gasteiger partial charge is 0.294 e. The third kappa shape index (κ3) is 4.56. The van der Waals surface area contributed by atoms with E-state index >= 15 is 0 Å². The fraction of sp³-hybridized carbons (Fsp3) is 0.0455. The minimum absolute atomic E-state index is 0.158. The molecule has 1 saturated heterocycles. The summed E-state index contributed by atoms with van der Waals surface area (Å²) in [6.45, 7) is -0.489. The van der Waals surface area contributed by atoms with Crippen LogP contribution < -0.4 is 5.32 Å². The molecule has 0 atom stereocenters. The van der Waals surface area contributed by atoms with E-state index in [1.165, 1.54) is 30.3 Å². The molecule has 0 unspecified atom stereocenters. The van der Waals surface area contributed by atoms with Gasteiger partial charge in [-0.25, -0.2) is 8.78 Å². The van der Waals surface area contributed by atoms with Crippen molar-refractivity contribution in [2.45, 2.75) is 0 Å². The van der Waals surface area contributed by atoms with Crippen molar-refractivity contribution in [3.63, 3.8) is 0 Å². The van der Waals surface area contributed by atoms with E-state index in [2.05, 4.69) is 5.32 Å². The molecule has 2 aromatic carbocycles. The summed E-state index contributed by atoms with van der Waals surface area (Å²) in [7, 11) is 0. The Labute approximate surface area is 180 Å². The van der Waals surface area contributed by atoms with Crippen LogP contribution in [-0.4, -0.2) is 33.1 Å². The number of hydrogen-bond acceptors (Lipinski definition) is 4. The van der Waals surface area contributed by atoms with Crippen LogP contribution in [0.2, 0.25) is 0 Å². The third-order valence-corrected chi connectivity index (χ3v) is 5.36. The highest BCUT2D eigenvalue weighted by molar-refractivity contribution is 8.18. The van der Waals surface area contributed by atoms with E-state index in [0.29, 0.717) is 11.4 Å². The molecule has 1 fully saturated rings. The van der Waals surface area contributed by atoms with Gasteiger partial charge in [-0.3, -0.25) is 19.3 Å². The Balaban J connectivity index is 1.50. The van der Waals surface area contributed by atoms with Crippen LogP contribution in [0.1, 0.15) is 5.69 Å². The topological polar surface area (TPSA) is 71.4 Å². The molecular formula is C22H15F2N3O3S. The molecule has 2 heterocycles. The predicted molar refractivity (Wildman–Crippen MR) is 113 cm³/mol. The summed E-state index contributed by atoms with van der Waals surface area (Å²) in [6.07, 6.45) is 3.29. The van der Waals surface area contributed by atoms with Gasteiger partial charge in [0.1, 0.15) is 18.2 Å². The average Bonchev–Trinajstić information content (AvgIpc) is 3.29. The number of hydrogen-bond donors (Lipinski definition) is 1. The molecule has 31 heavy (non-hydrogen) atoms. The number of carbonyl (C=O) groups is 3. The standard InChI is InChI=1S/C22H15F2N3O3S/c23-14-6-8-17(9-7-14)26-10-2-5-18(26)12-19-21(29)27(22(30)31-19)13-20(28)25-16-4-1-3-15(24)11-16/h1-12H,13H2,(H,25,28)/b19-12+. The Kier molecular flexibility index (Phi) is 5.68. The first-order chi connectivity index (χ1) is 14.9. The van der Waals surface area contributed by atoms with Crippen molar-refractivity contribution in [3.8, 4) is 5.69 Å². The highest BCUT2D eigenvalue weighted by Crippen LogP contribution is 2.32. The van der Waals surface area contributed by atoms with Gasteiger partial charge in [-0.15, -0.1) is 0 Å². The van der Waals surface area contributed by atoms with Gasteiger partial charge in [0.15, 0.2) is 0 Å². The quantitative estimate of drug-likeness (QED) is 0.597. The van der Waals surface area contributed by atoms with Crippen molar-refractivity contribution >= 4 is 40.6 Å². The fourth-order valence-electron chi connectivity index (χ4n) is 3.03. The summed E-state index contributed by atoms with van der Waals surface area (Å²) in [4.78, 5) is 38.2. The van der Waals surface area contributed by atoms with Gasteiger partial charge in [-0.2, -0.15) is 0 Å². The molecule has 1 N–H and O–H groups in total. The molecule has 1 aliphatic heterocycles. The van der Waals surface area contributed by atoms with Crippen LogP contribution in [0.5, 0.6) is 0 Å². The first kappa shape index (κ1) is 20.5. The second kappa shape index (κ2) is 8.57. The van der Waals surface area contributed by atoms with Crippen LogP contribution in [0.3, 0.4) is 0 Å². The molecule has 0 aliphatic carbocycles. The van der Waals surface area contributed by atoms with Crippen LogP contribution in [0.25, 0.3) is 11.8 Å². The van der Waals surface area contributed by atoms with Gasteiger partial charge < -0.3 is 9.88 Å². The molecule has 1 aliphatic rings. The van der Waals surface area contributed by atoms with Crippen LogP contribution >= 0.6 is 11.8 Å². The summed E-state index contributed by atoms with van der Waals surface area (Å²) < 4.78 is 28.2. The minimum Gasteiger partial charge on any atom is -0.324 e. The van der Waals surface area contributed by atoms with Crippen LogP contribution in [0.4, 0.5) is 19.3 Å². The Morgan fingerprint density at radius 1 is 1.00 bits per heavy atom. The number of amides is 3. The van der Waals surface area contributed by atoms with Gasteiger partial charge in [-0.1, -0.05) is 6.07 Å². The molecule has 1 aromatic heterocycles. The lowest BCUT2D eigenvalue weighted by atomic mass is 10.3. The molecular weight excluding hydrogens is 424 g/mol. The summed E-state index contributed by atoms with van der Waals surface area (Å²) in [5, 5.41) is 1.88. The van der Waals surface area contributed by atoms with E-state index in [1.807, 2.05) is 0 Å². The van der Waals surface area contributed by atoms with E-state index in [0.717, 1.165) is 22.7 Å². The molecule has 4 rings (SSSR count). The van der Waals surface area contributed by atoms with Crippen molar-refractivity contribution in [2.75, 3.05) is 11.9 Å². The molecule has 0 bridgehead atoms. The lowest BCUT2D eigenvalue weighted by Gasteiger charge is -2.12. The summed E-state index contributed by atoms with van der Waals surface area (Å²) >= 11 is 0.722. The number of nitrogens with zero attached hydrogens (tertiary/aromatic N) is 2. The number of nitrogens with one attached hydrogen (secondary N) is 1. The highest BCUT2D eigenvalue weighted by atomic mass is 32.2. The molecule has 6 nitrogen and oxygen atoms in total. The second-order valence-corrected chi connectivity index (χ2v) is 7.60. The zero-order chi connectivity index (χ0) is 22.0. The first-order valence-corrected chi connectivity index (χ1v) is 9.96. The van der Waals surface area contributed by atoms with Crippen molar-refractivity contribution in [1.29, 1.82) is 0 Å². The molecule has 0 radical (unpaired) electrons. The number of carbonyl (C=O) groups excluding carboxylic acids is 3. The summed E-state index contributed by atoms with van der Waals surface area (Å²) in [5.41, 5.74) is 1.53. The van der Waals surface area contributed by atoms with E-state index < -0.39 is 29.4 Å². The number of anilines is 1. The molecule has 9 heteroatoms. The number of rotatable bonds is 5. The monoisotopic (exact) mass is 439 g/mol. The molecule has 3 amide bonds. The van der Waals surface area contributed by atoms with E-state index in [9.17, 15) is 23.2 Å². The van der Waals surface area contributed by atoms with Gasteiger partial charge in [0, 0.05) is 23.3 Å². The largest absolute Gasteiger partial charge is 0.324 e. The Bertz CT molecular complexity index is 1200. The first-order valence-electron chi connectivity index (χ1n) is 9.15. The van der Waals surface area contributed by atoms with Gasteiger partial charge in [0.25, 0.3) is 11.1 Å². The maximum Gasteiger partial charge on any atom is 0.294 e. The Morgan fingerprint density at radius 3 is 2.52 bits per heavy atom. The van der Waals surface area contributed by atoms with Crippen LogP contribution in [0, 0.1) is 11.6 Å². The van der Waals surface area contributed by atoms with Gasteiger partial charge in [0.05, 0.1) is 4.91 Å². The number of benzene rings is 2. The SMILES string of the molecule is O=C(CN1C(=O)S/C(=C/c2cccn2-c2ccc(F)cc2)C1=O)Nc1cccc(F)c1. The third-order valence-electron chi connectivity index (χ3n) is 4.45. The second-order valence-electron chi connectivity index (χ2n) is 6.61. The molecule has 0 spiro atoms. The van der Waals surface area contributed by atoms with Crippen molar-refractivity contribution in [3.05, 3.63) is 89.1 Å². The van der Waals surface area contributed by atoms with E-state index in [1.54, 1.807) is 41.1 Å². The molecule has 156 valence electrons. The normalized spacial score (nSPS) is 15.0. The average molecular weight is 439 g/mol. The van der Waals surface area contributed by atoms with Crippen molar-refractivity contribution in [2.24, 2.45) is 0 Å². The zero-order valence-electron chi connectivity index (χ0n) is 15.9. The Morgan fingerprint density at radius 2 is 1.77 bits per heavy atom. The molecule has 0 saturated carbocycles. The van der Waals surface area contributed by atoms with Gasteiger partial charge in [-0.05, 0) is 72.4 Å². The maximum atomic E-state index is 13.3. The van der Waals surface area contributed by atoms with Crippen LogP contribution in [0.15, 0.2) is 71.8 Å². The number of aromatic nitrogens is 1. The lowest BCUT2D eigenvalue weighted by Crippen LogP contribution is -2.36. The zero-order valence-corrected chi connectivity index (χ0v) is 16.7. The van der Waals surface area contributed by atoms with Crippen molar-refractivity contribution in [1.82, 2.24) is 9.47 Å². The van der Waals surface area contributed by atoms with Crippen LogP contribution in [-0.2, 0) is 9.59 Å². The van der Waals surface area contributed by atoms with E-state index in [-0.39, 0.29) is 16.4 Å². The highest BCUT2D eigenvalue weighted by Gasteiger charge is 2.36. The summed E-state index contributed by atoms with van der Waals surface area (Å²) in [5.74, 6) is -2.11. The Hall–Kier alpha value is -3.72. The van der Waals surface area contributed by atoms with Crippen molar-refractivity contribution < 1.29 is 23.2 Å². The van der Waals surface area contributed by atoms with E-state index in [4.69, 9.17) is 0 Å². The number of halogens is 2. The predicted octanol–water partition coefficient (Wildman–Crippen LogP) is 4.43. The fourth-order valence-corrected chi connectivity index (χ4v) is 3.85. The maximum absolute atomic E-state index is 13.3. The van der Waals surface area contributed by atoms with Gasteiger partial charge >= 0.3 is 0 Å².